The van der Waals surface area contributed by atoms with Crippen LogP contribution in [0.3, 0.4) is 0 Å². The third-order valence-electron chi connectivity index (χ3n) is 10.0. The lowest BCUT2D eigenvalue weighted by Gasteiger charge is -2.18. The molecule has 0 aliphatic carbocycles. The van der Waals surface area contributed by atoms with E-state index >= 15 is 0 Å². The summed E-state index contributed by atoms with van der Waals surface area (Å²) in [7, 11) is 0. The van der Waals surface area contributed by atoms with E-state index in [-0.39, 0.29) is 37.5 Å². The van der Waals surface area contributed by atoms with Crippen LogP contribution in [0.4, 0.5) is 0 Å². The molecule has 0 N–H and O–H groups in total. The summed E-state index contributed by atoms with van der Waals surface area (Å²) in [4.78, 5) is 37.8. The van der Waals surface area contributed by atoms with E-state index in [4.69, 9.17) is 14.2 Å². The Bertz CT molecular complexity index is 1110. The van der Waals surface area contributed by atoms with Crippen LogP contribution in [0.5, 0.6) is 0 Å². The van der Waals surface area contributed by atoms with Gasteiger partial charge in [-0.25, -0.2) is 0 Å². The van der Waals surface area contributed by atoms with Crippen molar-refractivity contribution in [2.75, 3.05) is 13.2 Å². The van der Waals surface area contributed by atoms with Gasteiger partial charge in [0.2, 0.25) is 0 Å². The Kier molecular flexibility index (Phi) is 44.0. The molecule has 58 heavy (non-hydrogen) atoms. The number of hydrogen-bond acceptors (Lipinski definition) is 6. The minimum Gasteiger partial charge on any atom is -0.462 e. The summed E-state index contributed by atoms with van der Waals surface area (Å²) in [6.45, 7) is 6.41. The maximum Gasteiger partial charge on any atom is 0.306 e. The van der Waals surface area contributed by atoms with Crippen molar-refractivity contribution in [2.45, 2.75) is 226 Å². The zero-order valence-corrected chi connectivity index (χ0v) is 37.8. The molecule has 0 amide bonds. The molecule has 0 bridgehead atoms. The van der Waals surface area contributed by atoms with Crippen LogP contribution in [0.1, 0.15) is 220 Å². The van der Waals surface area contributed by atoms with Crippen LogP contribution in [0, 0.1) is 0 Å². The van der Waals surface area contributed by atoms with Gasteiger partial charge in [0.25, 0.3) is 0 Å². The Morgan fingerprint density at radius 2 is 0.690 bits per heavy atom. The van der Waals surface area contributed by atoms with Crippen molar-refractivity contribution < 1.29 is 28.6 Å². The Balaban J connectivity index is 4.49. The smallest absolute Gasteiger partial charge is 0.306 e. The van der Waals surface area contributed by atoms with Crippen molar-refractivity contribution in [1.29, 1.82) is 0 Å². The monoisotopic (exact) mass is 809 g/mol. The fourth-order valence-electron chi connectivity index (χ4n) is 6.38. The average Bonchev–Trinajstić information content (AvgIpc) is 3.22. The second-order valence-electron chi connectivity index (χ2n) is 15.7. The van der Waals surface area contributed by atoms with Gasteiger partial charge in [-0.2, -0.15) is 0 Å². The predicted octanol–water partition coefficient (Wildman–Crippen LogP) is 15.5. The number of carbonyl (C=O) groups is 3. The first-order chi connectivity index (χ1) is 28.5. The number of rotatable bonds is 42. The van der Waals surface area contributed by atoms with E-state index < -0.39 is 6.10 Å². The molecule has 6 heteroatoms. The lowest BCUT2D eigenvalue weighted by molar-refractivity contribution is -0.167. The van der Waals surface area contributed by atoms with Gasteiger partial charge in [0, 0.05) is 19.3 Å². The number of allylic oxidation sites excluding steroid dienone is 12. The summed E-state index contributed by atoms with van der Waals surface area (Å²) in [6.07, 6.45) is 57.4. The van der Waals surface area contributed by atoms with Crippen LogP contribution in [0.15, 0.2) is 72.9 Å². The Morgan fingerprint density at radius 1 is 0.362 bits per heavy atom. The normalized spacial score (nSPS) is 12.7. The molecule has 332 valence electrons. The summed E-state index contributed by atoms with van der Waals surface area (Å²) in [5.41, 5.74) is 0. The summed E-state index contributed by atoms with van der Waals surface area (Å²) >= 11 is 0. The van der Waals surface area contributed by atoms with Crippen LogP contribution >= 0.6 is 0 Å². The summed E-state index contributed by atoms with van der Waals surface area (Å²) < 4.78 is 16.7. The maximum absolute atomic E-state index is 12.7. The van der Waals surface area contributed by atoms with E-state index in [0.717, 1.165) is 89.9 Å². The van der Waals surface area contributed by atoms with Gasteiger partial charge in [0.1, 0.15) is 13.2 Å². The Hall–Kier alpha value is -3.15. The van der Waals surface area contributed by atoms with Crippen LogP contribution < -0.4 is 0 Å². The van der Waals surface area contributed by atoms with Gasteiger partial charge in [-0.3, -0.25) is 14.4 Å². The SMILES string of the molecule is CC\C=C/C=C\C=C/C=C\CCCCCC(=O)OC(COC(=O)CCCCC/C=C\CCCCCCCC)COC(=O)CCCCC/C=C\CCCCCCCCC. The highest BCUT2D eigenvalue weighted by atomic mass is 16.6. The van der Waals surface area contributed by atoms with E-state index in [2.05, 4.69) is 57.2 Å². The minimum atomic E-state index is -0.806. The third kappa shape index (κ3) is 44.0. The lowest BCUT2D eigenvalue weighted by atomic mass is 10.1. The zero-order chi connectivity index (χ0) is 42.3. The van der Waals surface area contributed by atoms with E-state index in [9.17, 15) is 14.4 Å². The molecule has 0 aromatic carbocycles. The van der Waals surface area contributed by atoms with Gasteiger partial charge in [0.05, 0.1) is 0 Å². The summed E-state index contributed by atoms with van der Waals surface area (Å²) in [5, 5.41) is 0. The van der Waals surface area contributed by atoms with E-state index in [1.54, 1.807) is 0 Å². The molecule has 0 radical (unpaired) electrons. The number of ether oxygens (including phenoxy) is 3. The van der Waals surface area contributed by atoms with Crippen LogP contribution in [-0.2, 0) is 28.6 Å². The van der Waals surface area contributed by atoms with Crippen LogP contribution in [-0.4, -0.2) is 37.2 Å². The number of esters is 3. The largest absolute Gasteiger partial charge is 0.462 e. The van der Waals surface area contributed by atoms with Crippen molar-refractivity contribution >= 4 is 17.9 Å². The number of carbonyl (C=O) groups excluding carboxylic acids is 3. The highest BCUT2D eigenvalue weighted by Gasteiger charge is 2.19. The highest BCUT2D eigenvalue weighted by molar-refractivity contribution is 5.71. The summed E-state index contributed by atoms with van der Waals surface area (Å²) in [6, 6.07) is 0. The molecule has 0 aromatic rings. The quantitative estimate of drug-likeness (QED) is 0.0201. The van der Waals surface area contributed by atoms with E-state index in [1.165, 1.54) is 83.5 Å². The van der Waals surface area contributed by atoms with Gasteiger partial charge in [-0.15, -0.1) is 0 Å². The van der Waals surface area contributed by atoms with Crippen molar-refractivity contribution in [3.05, 3.63) is 72.9 Å². The molecule has 0 saturated carbocycles. The first kappa shape index (κ1) is 54.9. The molecule has 0 saturated heterocycles. The molecule has 0 spiro atoms. The maximum atomic E-state index is 12.7. The van der Waals surface area contributed by atoms with Crippen LogP contribution in [0.2, 0.25) is 0 Å². The summed E-state index contributed by atoms with van der Waals surface area (Å²) in [5.74, 6) is -0.978. The Labute approximate surface area is 357 Å². The fourth-order valence-corrected chi connectivity index (χ4v) is 6.38. The molecule has 6 nitrogen and oxygen atoms in total. The molecule has 0 aliphatic rings. The van der Waals surface area contributed by atoms with Gasteiger partial charge >= 0.3 is 17.9 Å². The topological polar surface area (TPSA) is 78.9 Å². The zero-order valence-electron chi connectivity index (χ0n) is 37.8. The molecular weight excluding hydrogens is 721 g/mol. The lowest BCUT2D eigenvalue weighted by Crippen LogP contribution is -2.30. The third-order valence-corrected chi connectivity index (χ3v) is 10.0. The molecule has 0 aromatic heterocycles. The Morgan fingerprint density at radius 3 is 1.10 bits per heavy atom. The van der Waals surface area contributed by atoms with Gasteiger partial charge in [-0.05, 0) is 89.9 Å². The molecule has 1 atom stereocenters. The van der Waals surface area contributed by atoms with Gasteiger partial charge in [0.15, 0.2) is 6.10 Å². The second-order valence-corrected chi connectivity index (χ2v) is 15.7. The number of unbranched alkanes of at least 4 members (excludes halogenated alkanes) is 22. The fraction of sp³-hybridized carbons (Fsp3) is 0.712. The molecular formula is C52H88O6. The highest BCUT2D eigenvalue weighted by Crippen LogP contribution is 2.13. The molecule has 0 fully saturated rings. The number of hydrogen-bond donors (Lipinski definition) is 0. The van der Waals surface area contributed by atoms with Crippen LogP contribution in [0.25, 0.3) is 0 Å². The minimum absolute atomic E-state index is 0.105. The standard InChI is InChI=1S/C52H88O6/c1-4-7-10-13-16-19-22-25-28-30-33-36-39-42-45-51(54)57-48-49(58-52(55)46-43-40-37-34-31-27-24-21-18-15-12-9-6-3)47-56-50(53)44-41-38-35-32-29-26-23-20-17-14-11-8-5-2/h9,12,15,18,21,24,26-31,49H,4-8,10-11,13-14,16-17,19-20,22-23,25,32-48H2,1-3H3/b12-9-,18-15-,24-21-,29-26-,30-28-,31-27-. The predicted molar refractivity (Wildman–Crippen MR) is 247 cm³/mol. The van der Waals surface area contributed by atoms with Gasteiger partial charge in [-0.1, -0.05) is 184 Å². The van der Waals surface area contributed by atoms with Gasteiger partial charge < -0.3 is 14.2 Å². The first-order valence-electron chi connectivity index (χ1n) is 24.0. The van der Waals surface area contributed by atoms with E-state index in [1.807, 2.05) is 36.5 Å². The van der Waals surface area contributed by atoms with Crippen molar-refractivity contribution in [3.63, 3.8) is 0 Å². The molecule has 1 unspecified atom stereocenters. The molecule has 0 aliphatic heterocycles. The molecule has 0 rings (SSSR count). The van der Waals surface area contributed by atoms with Crippen molar-refractivity contribution in [1.82, 2.24) is 0 Å². The first-order valence-corrected chi connectivity index (χ1v) is 24.0. The second kappa shape index (κ2) is 46.5. The molecule has 0 heterocycles. The average molecular weight is 809 g/mol. The van der Waals surface area contributed by atoms with E-state index in [0.29, 0.717) is 19.3 Å². The van der Waals surface area contributed by atoms with Crippen molar-refractivity contribution in [2.24, 2.45) is 0 Å². The van der Waals surface area contributed by atoms with Crippen molar-refractivity contribution in [3.8, 4) is 0 Å².